The van der Waals surface area contributed by atoms with Crippen LogP contribution >= 0.6 is 0 Å². The summed E-state index contributed by atoms with van der Waals surface area (Å²) < 4.78 is 20.4. The highest BCUT2D eigenvalue weighted by molar-refractivity contribution is 5.79. The van der Waals surface area contributed by atoms with Crippen LogP contribution in [0.5, 0.6) is 11.5 Å². The quantitative estimate of drug-likeness (QED) is 0.782. The third kappa shape index (κ3) is 3.60. The molecule has 2 aromatic carbocycles. The number of hydrogen-bond donors (Lipinski definition) is 1. The van der Waals surface area contributed by atoms with Crippen LogP contribution in [0.4, 0.5) is 4.39 Å². The van der Waals surface area contributed by atoms with Crippen LogP contribution in [-0.2, 0) is 6.54 Å². The molecule has 1 atom stereocenters. The van der Waals surface area contributed by atoms with E-state index in [4.69, 9.17) is 4.74 Å². The molecule has 0 saturated carbocycles. The van der Waals surface area contributed by atoms with Crippen molar-refractivity contribution < 1.29 is 9.13 Å². The van der Waals surface area contributed by atoms with Gasteiger partial charge in [-0.2, -0.15) is 0 Å². The minimum absolute atomic E-state index is 0.0647. The molecule has 1 aliphatic heterocycles. The van der Waals surface area contributed by atoms with E-state index in [1.165, 1.54) is 12.1 Å². The van der Waals surface area contributed by atoms with Crippen LogP contribution < -0.4 is 15.6 Å². The van der Waals surface area contributed by atoms with Crippen molar-refractivity contribution in [1.29, 1.82) is 0 Å². The Balaban J connectivity index is 1.62. The number of hydrogen-bond acceptors (Lipinski definition) is 4. The molecule has 0 spiro atoms. The molecule has 0 aliphatic carbocycles. The molecule has 1 unspecified atom stereocenters. The summed E-state index contributed by atoms with van der Waals surface area (Å²) in [6.45, 7) is 2.64. The van der Waals surface area contributed by atoms with E-state index in [0.29, 0.717) is 34.9 Å². The van der Waals surface area contributed by atoms with Crippen LogP contribution in [-0.4, -0.2) is 22.6 Å². The number of ether oxygens (including phenoxy) is 1. The molecule has 4 rings (SSSR count). The Morgan fingerprint density at radius 3 is 2.77 bits per heavy atom. The first kappa shape index (κ1) is 16.7. The highest BCUT2D eigenvalue weighted by Crippen LogP contribution is 2.24. The third-order valence-electron chi connectivity index (χ3n) is 4.70. The molecule has 2 heterocycles. The van der Waals surface area contributed by atoms with Crippen LogP contribution in [0.15, 0.2) is 53.6 Å². The maximum atomic E-state index is 13.0. The Morgan fingerprint density at radius 2 is 2.00 bits per heavy atom. The molecule has 5 nitrogen and oxygen atoms in total. The number of benzene rings is 2. The molecule has 0 amide bonds. The van der Waals surface area contributed by atoms with E-state index in [-0.39, 0.29) is 11.4 Å². The molecule has 3 aromatic rings. The lowest BCUT2D eigenvalue weighted by Gasteiger charge is -2.23. The van der Waals surface area contributed by atoms with Crippen LogP contribution in [0.3, 0.4) is 0 Å². The molecular formula is C20H20FN3O2. The summed E-state index contributed by atoms with van der Waals surface area (Å²) >= 11 is 0. The van der Waals surface area contributed by atoms with Gasteiger partial charge in [0.2, 0.25) is 0 Å². The first-order valence-electron chi connectivity index (χ1n) is 8.82. The smallest absolute Gasteiger partial charge is 0.261 e. The van der Waals surface area contributed by atoms with Gasteiger partial charge in [0, 0.05) is 6.54 Å². The fourth-order valence-corrected chi connectivity index (χ4v) is 3.33. The first-order valence-corrected chi connectivity index (χ1v) is 8.82. The lowest BCUT2D eigenvalue weighted by Crippen LogP contribution is -2.34. The van der Waals surface area contributed by atoms with Gasteiger partial charge in [-0.15, -0.1) is 0 Å². The van der Waals surface area contributed by atoms with Gasteiger partial charge in [-0.3, -0.25) is 9.36 Å². The van der Waals surface area contributed by atoms with Gasteiger partial charge in [0.05, 0.1) is 17.2 Å². The zero-order chi connectivity index (χ0) is 17.9. The Kier molecular flexibility index (Phi) is 4.67. The summed E-state index contributed by atoms with van der Waals surface area (Å²) in [7, 11) is 0. The van der Waals surface area contributed by atoms with Gasteiger partial charge in [-0.25, -0.2) is 9.37 Å². The average molecular weight is 353 g/mol. The SMILES string of the molecule is O=c1c2cc(Oc3ccc(F)cc3)ccc2ncn1CC1CCCNC1. The largest absolute Gasteiger partial charge is 0.457 e. The Labute approximate surface area is 150 Å². The van der Waals surface area contributed by atoms with E-state index >= 15 is 0 Å². The van der Waals surface area contributed by atoms with Crippen molar-refractivity contribution in [3.8, 4) is 11.5 Å². The number of rotatable bonds is 4. The van der Waals surface area contributed by atoms with Crippen molar-refractivity contribution in [2.45, 2.75) is 19.4 Å². The average Bonchev–Trinajstić information content (AvgIpc) is 2.67. The van der Waals surface area contributed by atoms with E-state index in [1.54, 1.807) is 41.2 Å². The van der Waals surface area contributed by atoms with Crippen molar-refractivity contribution in [2.24, 2.45) is 5.92 Å². The fourth-order valence-electron chi connectivity index (χ4n) is 3.33. The lowest BCUT2D eigenvalue weighted by molar-refractivity contribution is 0.333. The van der Waals surface area contributed by atoms with Crippen molar-refractivity contribution in [2.75, 3.05) is 13.1 Å². The van der Waals surface area contributed by atoms with Crippen LogP contribution in [0.25, 0.3) is 10.9 Å². The van der Waals surface area contributed by atoms with E-state index < -0.39 is 0 Å². The highest BCUT2D eigenvalue weighted by Gasteiger charge is 2.15. The number of aromatic nitrogens is 2. The molecule has 1 N–H and O–H groups in total. The predicted octanol–water partition coefficient (Wildman–Crippen LogP) is 3.33. The second-order valence-electron chi connectivity index (χ2n) is 6.65. The maximum Gasteiger partial charge on any atom is 0.261 e. The van der Waals surface area contributed by atoms with Gasteiger partial charge in [0.15, 0.2) is 0 Å². The second kappa shape index (κ2) is 7.25. The predicted molar refractivity (Wildman–Crippen MR) is 98.1 cm³/mol. The van der Waals surface area contributed by atoms with Crippen molar-refractivity contribution >= 4 is 10.9 Å². The topological polar surface area (TPSA) is 56.1 Å². The molecule has 1 fully saturated rings. The summed E-state index contributed by atoms with van der Waals surface area (Å²) in [4.78, 5) is 17.3. The summed E-state index contributed by atoms with van der Waals surface area (Å²) in [5, 5.41) is 3.89. The molecule has 1 aliphatic rings. The number of nitrogens with one attached hydrogen (secondary N) is 1. The zero-order valence-electron chi connectivity index (χ0n) is 14.3. The van der Waals surface area contributed by atoms with Gasteiger partial charge in [0.1, 0.15) is 17.3 Å². The molecule has 1 aromatic heterocycles. The second-order valence-corrected chi connectivity index (χ2v) is 6.65. The molecule has 0 bridgehead atoms. The molecular weight excluding hydrogens is 333 g/mol. The molecule has 0 radical (unpaired) electrons. The Bertz CT molecular complexity index is 963. The summed E-state index contributed by atoms with van der Waals surface area (Å²) in [5.74, 6) is 1.17. The normalized spacial score (nSPS) is 17.3. The summed E-state index contributed by atoms with van der Waals surface area (Å²) in [5.41, 5.74) is 0.574. The van der Waals surface area contributed by atoms with Crippen molar-refractivity contribution in [3.63, 3.8) is 0 Å². The summed E-state index contributed by atoms with van der Waals surface area (Å²) in [6, 6.07) is 11.0. The van der Waals surface area contributed by atoms with Gasteiger partial charge in [0.25, 0.3) is 5.56 Å². The zero-order valence-corrected chi connectivity index (χ0v) is 14.3. The fraction of sp³-hybridized carbons (Fsp3) is 0.300. The molecule has 6 heteroatoms. The monoisotopic (exact) mass is 353 g/mol. The number of piperidine rings is 1. The molecule has 26 heavy (non-hydrogen) atoms. The minimum atomic E-state index is -0.319. The van der Waals surface area contributed by atoms with Crippen molar-refractivity contribution in [3.05, 3.63) is 65.0 Å². The standard InChI is InChI=1S/C20H20FN3O2/c21-15-3-5-16(6-4-15)26-17-7-8-19-18(10-17)20(25)24(13-23-19)12-14-2-1-9-22-11-14/h3-8,10,13-14,22H,1-2,9,11-12H2. The van der Waals surface area contributed by atoms with E-state index in [9.17, 15) is 9.18 Å². The molecule has 1 saturated heterocycles. The van der Waals surface area contributed by atoms with E-state index in [1.807, 2.05) is 0 Å². The number of halogens is 1. The molecule has 134 valence electrons. The van der Waals surface area contributed by atoms with Crippen LogP contribution in [0.2, 0.25) is 0 Å². The van der Waals surface area contributed by atoms with Crippen LogP contribution in [0, 0.1) is 11.7 Å². The Morgan fingerprint density at radius 1 is 1.19 bits per heavy atom. The number of fused-ring (bicyclic) bond motifs is 1. The van der Waals surface area contributed by atoms with E-state index in [0.717, 1.165) is 25.9 Å². The van der Waals surface area contributed by atoms with Crippen LogP contribution in [0.1, 0.15) is 12.8 Å². The first-order chi connectivity index (χ1) is 12.7. The van der Waals surface area contributed by atoms with Gasteiger partial charge in [-0.05, 0) is 74.3 Å². The van der Waals surface area contributed by atoms with Crippen molar-refractivity contribution in [1.82, 2.24) is 14.9 Å². The van der Waals surface area contributed by atoms with Gasteiger partial charge in [-0.1, -0.05) is 0 Å². The van der Waals surface area contributed by atoms with Gasteiger partial charge >= 0.3 is 0 Å². The lowest BCUT2D eigenvalue weighted by atomic mass is 10.00. The van der Waals surface area contributed by atoms with E-state index in [2.05, 4.69) is 10.3 Å². The van der Waals surface area contributed by atoms with Gasteiger partial charge < -0.3 is 10.1 Å². The Hall–Kier alpha value is -2.73. The highest BCUT2D eigenvalue weighted by atomic mass is 19.1. The maximum absolute atomic E-state index is 13.0. The summed E-state index contributed by atoms with van der Waals surface area (Å²) in [6.07, 6.45) is 3.88. The minimum Gasteiger partial charge on any atom is -0.457 e. The number of nitrogens with zero attached hydrogens (tertiary/aromatic N) is 2. The third-order valence-corrected chi connectivity index (χ3v) is 4.70.